The number of para-hydroxylation sites is 1. The minimum Gasteiger partial charge on any atom is -0.468 e. The first-order valence-corrected chi connectivity index (χ1v) is 8.32. The van der Waals surface area contributed by atoms with Crippen LogP contribution in [0.4, 0.5) is 0 Å². The van der Waals surface area contributed by atoms with Crippen LogP contribution < -0.4 is 4.74 Å². The fourth-order valence-electron chi connectivity index (χ4n) is 3.42. The summed E-state index contributed by atoms with van der Waals surface area (Å²) in [5.41, 5.74) is 4.89. The second-order valence-electron chi connectivity index (χ2n) is 6.80. The van der Waals surface area contributed by atoms with E-state index in [2.05, 4.69) is 68.2 Å². The Morgan fingerprint density at radius 1 is 1.09 bits per heavy atom. The van der Waals surface area contributed by atoms with E-state index in [1.54, 1.807) is 0 Å². The van der Waals surface area contributed by atoms with Crippen LogP contribution in [0.1, 0.15) is 43.0 Å². The maximum atomic E-state index is 6.23. The van der Waals surface area contributed by atoms with Gasteiger partial charge in [-0.1, -0.05) is 61.9 Å². The SMILES string of the molecule is Cc1ccc(C2=NN3[C@H](C2)c2ccccc2O[C@H]3C(C)C)cc1. The Balaban J connectivity index is 1.74. The average Bonchev–Trinajstić information content (AvgIpc) is 3.00. The monoisotopic (exact) mass is 306 g/mol. The number of benzene rings is 2. The number of hydrogen-bond acceptors (Lipinski definition) is 3. The lowest BCUT2D eigenvalue weighted by Gasteiger charge is -2.39. The standard InChI is InChI=1S/C20H22N2O/c1-13(2)20-22-18(16-6-4-5-7-19(16)23-20)12-17(21-22)15-10-8-14(3)9-11-15/h4-11,13,18,20H,12H2,1-3H3/t18-,20+/m1/s1. The number of hydrogen-bond donors (Lipinski definition) is 0. The first kappa shape index (κ1) is 14.3. The van der Waals surface area contributed by atoms with E-state index < -0.39 is 0 Å². The molecule has 23 heavy (non-hydrogen) atoms. The number of nitrogens with zero attached hydrogens (tertiary/aromatic N) is 2. The lowest BCUT2D eigenvalue weighted by atomic mass is 9.95. The molecule has 0 fully saturated rings. The van der Waals surface area contributed by atoms with Gasteiger partial charge in [-0.25, -0.2) is 5.01 Å². The zero-order valence-corrected chi connectivity index (χ0v) is 13.9. The summed E-state index contributed by atoms with van der Waals surface area (Å²) in [6, 6.07) is 17.3. The van der Waals surface area contributed by atoms with Crippen LogP contribution in [-0.4, -0.2) is 16.9 Å². The van der Waals surface area contributed by atoms with Gasteiger partial charge in [-0.3, -0.25) is 0 Å². The predicted octanol–water partition coefficient (Wildman–Crippen LogP) is 4.52. The molecule has 2 aromatic rings. The van der Waals surface area contributed by atoms with E-state index in [1.165, 1.54) is 16.7 Å². The van der Waals surface area contributed by atoms with Crippen molar-refractivity contribution in [3.63, 3.8) is 0 Å². The molecular weight excluding hydrogens is 284 g/mol. The number of aryl methyl sites for hydroxylation is 1. The van der Waals surface area contributed by atoms with Crippen molar-refractivity contribution in [2.24, 2.45) is 11.0 Å². The number of rotatable bonds is 2. The van der Waals surface area contributed by atoms with Crippen molar-refractivity contribution < 1.29 is 4.74 Å². The summed E-state index contributed by atoms with van der Waals surface area (Å²) in [7, 11) is 0. The maximum absolute atomic E-state index is 6.23. The average molecular weight is 306 g/mol. The van der Waals surface area contributed by atoms with Crippen LogP contribution in [0, 0.1) is 12.8 Å². The highest BCUT2D eigenvalue weighted by Crippen LogP contribution is 2.44. The van der Waals surface area contributed by atoms with Gasteiger partial charge in [-0.15, -0.1) is 0 Å². The number of hydrazone groups is 1. The van der Waals surface area contributed by atoms with Crippen molar-refractivity contribution in [2.45, 2.75) is 39.5 Å². The van der Waals surface area contributed by atoms with Crippen molar-refractivity contribution in [3.05, 3.63) is 65.2 Å². The molecule has 3 heteroatoms. The summed E-state index contributed by atoms with van der Waals surface area (Å²) in [6.45, 7) is 6.49. The molecule has 2 atom stereocenters. The molecule has 118 valence electrons. The quantitative estimate of drug-likeness (QED) is 0.815. The Morgan fingerprint density at radius 3 is 2.57 bits per heavy atom. The van der Waals surface area contributed by atoms with Crippen molar-refractivity contribution in [3.8, 4) is 5.75 Å². The second-order valence-corrected chi connectivity index (χ2v) is 6.80. The lowest BCUT2D eigenvalue weighted by Crippen LogP contribution is -2.43. The van der Waals surface area contributed by atoms with E-state index in [-0.39, 0.29) is 12.3 Å². The van der Waals surface area contributed by atoms with Gasteiger partial charge in [0, 0.05) is 17.9 Å². The van der Waals surface area contributed by atoms with Gasteiger partial charge in [0.05, 0.1) is 11.8 Å². The molecule has 0 N–H and O–H groups in total. The van der Waals surface area contributed by atoms with Crippen LogP contribution in [0.3, 0.4) is 0 Å². The van der Waals surface area contributed by atoms with Gasteiger partial charge in [0.2, 0.25) is 0 Å². The third-order valence-electron chi connectivity index (χ3n) is 4.68. The van der Waals surface area contributed by atoms with Gasteiger partial charge in [0.15, 0.2) is 6.23 Å². The van der Waals surface area contributed by atoms with Gasteiger partial charge < -0.3 is 4.74 Å². The highest BCUT2D eigenvalue weighted by Gasteiger charge is 2.41. The Morgan fingerprint density at radius 2 is 1.83 bits per heavy atom. The van der Waals surface area contributed by atoms with Crippen molar-refractivity contribution in [2.75, 3.05) is 0 Å². The summed E-state index contributed by atoms with van der Waals surface area (Å²) >= 11 is 0. The largest absolute Gasteiger partial charge is 0.468 e. The fourth-order valence-corrected chi connectivity index (χ4v) is 3.42. The minimum absolute atomic E-state index is 0.00199. The minimum atomic E-state index is -0.00199. The Kier molecular flexibility index (Phi) is 3.37. The van der Waals surface area contributed by atoms with E-state index in [9.17, 15) is 0 Å². The second kappa shape index (κ2) is 5.41. The summed E-state index contributed by atoms with van der Waals surface area (Å²) in [4.78, 5) is 0. The Labute approximate surface area is 137 Å². The molecule has 0 unspecified atom stereocenters. The summed E-state index contributed by atoms with van der Waals surface area (Å²) < 4.78 is 6.23. The van der Waals surface area contributed by atoms with Crippen LogP contribution in [0.15, 0.2) is 53.6 Å². The van der Waals surface area contributed by atoms with Gasteiger partial charge in [-0.2, -0.15) is 5.10 Å². The van der Waals surface area contributed by atoms with E-state index in [0.717, 1.165) is 17.9 Å². The smallest absolute Gasteiger partial charge is 0.190 e. The first-order valence-electron chi connectivity index (χ1n) is 8.32. The molecule has 0 amide bonds. The third-order valence-corrected chi connectivity index (χ3v) is 4.68. The van der Waals surface area contributed by atoms with Gasteiger partial charge in [0.1, 0.15) is 5.75 Å². The molecular formula is C20H22N2O. The molecule has 4 rings (SSSR count). The number of fused-ring (bicyclic) bond motifs is 3. The van der Waals surface area contributed by atoms with Crippen LogP contribution in [0.2, 0.25) is 0 Å². The maximum Gasteiger partial charge on any atom is 0.190 e. The molecule has 2 aromatic carbocycles. The highest BCUT2D eigenvalue weighted by atomic mass is 16.5. The normalized spacial score (nSPS) is 22.4. The molecule has 2 aliphatic rings. The van der Waals surface area contributed by atoms with Crippen LogP contribution >= 0.6 is 0 Å². The molecule has 3 nitrogen and oxygen atoms in total. The van der Waals surface area contributed by atoms with E-state index in [1.807, 2.05) is 6.07 Å². The Bertz CT molecular complexity index is 748. The highest BCUT2D eigenvalue weighted by molar-refractivity contribution is 6.02. The fraction of sp³-hybridized carbons (Fsp3) is 0.350. The molecule has 0 spiro atoms. The molecule has 2 aliphatic heterocycles. The zero-order valence-electron chi connectivity index (χ0n) is 13.9. The molecule has 0 aliphatic carbocycles. The van der Waals surface area contributed by atoms with E-state index in [4.69, 9.17) is 9.84 Å². The van der Waals surface area contributed by atoms with Crippen LogP contribution in [0.5, 0.6) is 5.75 Å². The third kappa shape index (κ3) is 2.40. The summed E-state index contributed by atoms with van der Waals surface area (Å²) in [5, 5.41) is 7.11. The predicted molar refractivity (Wildman–Crippen MR) is 92.6 cm³/mol. The molecule has 0 saturated carbocycles. The van der Waals surface area contributed by atoms with Crippen molar-refractivity contribution >= 4 is 5.71 Å². The topological polar surface area (TPSA) is 24.8 Å². The Hall–Kier alpha value is -2.29. The van der Waals surface area contributed by atoms with Gasteiger partial charge >= 0.3 is 0 Å². The van der Waals surface area contributed by atoms with Gasteiger partial charge in [-0.05, 0) is 18.6 Å². The molecule has 0 saturated heterocycles. The molecule has 0 bridgehead atoms. The summed E-state index contributed by atoms with van der Waals surface area (Å²) in [6.07, 6.45) is 0.935. The van der Waals surface area contributed by atoms with E-state index >= 15 is 0 Å². The lowest BCUT2D eigenvalue weighted by molar-refractivity contribution is -0.0461. The zero-order chi connectivity index (χ0) is 16.0. The van der Waals surface area contributed by atoms with Crippen molar-refractivity contribution in [1.82, 2.24) is 5.01 Å². The molecule has 0 aromatic heterocycles. The first-order chi connectivity index (χ1) is 11.1. The van der Waals surface area contributed by atoms with Crippen LogP contribution in [-0.2, 0) is 0 Å². The molecule has 2 heterocycles. The van der Waals surface area contributed by atoms with Crippen molar-refractivity contribution in [1.29, 1.82) is 0 Å². The van der Waals surface area contributed by atoms with Crippen LogP contribution in [0.25, 0.3) is 0 Å². The molecule has 0 radical (unpaired) electrons. The summed E-state index contributed by atoms with van der Waals surface area (Å²) in [5.74, 6) is 1.39. The number of ether oxygens (including phenoxy) is 1. The van der Waals surface area contributed by atoms with Gasteiger partial charge in [0.25, 0.3) is 0 Å². The van der Waals surface area contributed by atoms with E-state index in [0.29, 0.717) is 5.92 Å².